The molecule has 0 saturated heterocycles. The van der Waals surface area contributed by atoms with Crippen LogP contribution in [-0.4, -0.2) is 37.2 Å². The van der Waals surface area contributed by atoms with Crippen molar-refractivity contribution in [3.05, 3.63) is 48.6 Å². The molecule has 0 N–H and O–H groups in total. The first-order chi connectivity index (χ1) is 32.5. The van der Waals surface area contributed by atoms with Crippen LogP contribution in [0.5, 0.6) is 0 Å². The molecule has 0 aliphatic carbocycles. The van der Waals surface area contributed by atoms with Crippen molar-refractivity contribution >= 4 is 17.9 Å². The molecule has 0 amide bonds. The first kappa shape index (κ1) is 63.4. The Morgan fingerprint density at radius 3 is 0.924 bits per heavy atom. The highest BCUT2D eigenvalue weighted by atomic mass is 16.6. The van der Waals surface area contributed by atoms with E-state index in [2.05, 4.69) is 51.2 Å². The van der Waals surface area contributed by atoms with Gasteiger partial charge in [-0.1, -0.05) is 288 Å². The van der Waals surface area contributed by atoms with Crippen LogP contribution in [0.25, 0.3) is 0 Å². The zero-order valence-corrected chi connectivity index (χ0v) is 44.0. The highest BCUT2D eigenvalue weighted by molar-refractivity contribution is 5.71. The third kappa shape index (κ3) is 52.3. The first-order valence-corrected chi connectivity index (χ1v) is 28.7. The van der Waals surface area contributed by atoms with E-state index in [-0.39, 0.29) is 31.1 Å². The van der Waals surface area contributed by atoms with Crippen molar-refractivity contribution in [2.75, 3.05) is 13.2 Å². The van der Waals surface area contributed by atoms with Crippen molar-refractivity contribution in [3.8, 4) is 0 Å². The molecule has 0 heterocycles. The summed E-state index contributed by atoms with van der Waals surface area (Å²) in [5.41, 5.74) is 0. The number of hydrogen-bond donors (Lipinski definition) is 0. The Morgan fingerprint density at radius 1 is 0.318 bits per heavy atom. The summed E-state index contributed by atoms with van der Waals surface area (Å²) in [5.74, 6) is -0.885. The second-order valence-corrected chi connectivity index (χ2v) is 19.3. The van der Waals surface area contributed by atoms with Gasteiger partial charge in [0.2, 0.25) is 0 Å². The van der Waals surface area contributed by atoms with Crippen LogP contribution in [0.4, 0.5) is 0 Å². The van der Waals surface area contributed by atoms with E-state index < -0.39 is 6.10 Å². The maximum atomic E-state index is 12.8. The molecular formula is C60H108O6. The highest BCUT2D eigenvalue weighted by Crippen LogP contribution is 2.17. The number of rotatable bonds is 52. The monoisotopic (exact) mass is 925 g/mol. The van der Waals surface area contributed by atoms with Crippen LogP contribution in [0.3, 0.4) is 0 Å². The fourth-order valence-corrected chi connectivity index (χ4v) is 8.40. The van der Waals surface area contributed by atoms with Crippen molar-refractivity contribution in [2.24, 2.45) is 0 Å². The van der Waals surface area contributed by atoms with Gasteiger partial charge in [-0.2, -0.15) is 0 Å². The topological polar surface area (TPSA) is 78.9 Å². The van der Waals surface area contributed by atoms with Gasteiger partial charge in [-0.05, 0) is 38.5 Å². The minimum Gasteiger partial charge on any atom is -0.462 e. The molecule has 0 radical (unpaired) electrons. The Balaban J connectivity index is 4.36. The number of esters is 3. The highest BCUT2D eigenvalue weighted by Gasteiger charge is 2.19. The minimum atomic E-state index is -0.782. The molecule has 0 aliphatic heterocycles. The lowest BCUT2D eigenvalue weighted by Crippen LogP contribution is -2.30. The molecule has 0 fully saturated rings. The molecule has 1 unspecified atom stereocenters. The Kier molecular flexibility index (Phi) is 52.8. The summed E-state index contributed by atoms with van der Waals surface area (Å²) in [6.07, 6.45) is 66.7. The maximum absolute atomic E-state index is 12.8. The third-order valence-electron chi connectivity index (χ3n) is 12.7. The molecular weight excluding hydrogens is 817 g/mol. The smallest absolute Gasteiger partial charge is 0.306 e. The van der Waals surface area contributed by atoms with Gasteiger partial charge in [0.05, 0.1) is 0 Å². The average Bonchev–Trinajstić information content (AvgIpc) is 3.31. The SMILES string of the molecule is CC\C=C/C=C\C=C/C=C\CCCCCCCC(=O)OC(COC(=O)CCCCCCCCCCCCCCCCC)COC(=O)CCCCCCCCCCCCCCCCCCCC. The van der Waals surface area contributed by atoms with Gasteiger partial charge < -0.3 is 14.2 Å². The number of carbonyl (C=O) groups is 3. The lowest BCUT2D eigenvalue weighted by Gasteiger charge is -2.18. The second kappa shape index (κ2) is 55.0. The van der Waals surface area contributed by atoms with Crippen LogP contribution in [0.1, 0.15) is 297 Å². The van der Waals surface area contributed by atoms with Crippen molar-refractivity contribution < 1.29 is 28.6 Å². The minimum absolute atomic E-state index is 0.0786. The summed E-state index contributed by atoms with van der Waals surface area (Å²) < 4.78 is 16.9. The van der Waals surface area contributed by atoms with Crippen LogP contribution in [-0.2, 0) is 28.6 Å². The molecule has 0 aromatic heterocycles. The molecule has 0 aromatic carbocycles. The number of allylic oxidation sites excluding steroid dienone is 8. The predicted molar refractivity (Wildman–Crippen MR) is 284 cm³/mol. The summed E-state index contributed by atoms with van der Waals surface area (Å²) in [6, 6.07) is 0. The molecule has 6 nitrogen and oxygen atoms in total. The Bertz CT molecular complexity index is 1150. The first-order valence-electron chi connectivity index (χ1n) is 28.7. The molecule has 0 spiro atoms. The molecule has 0 aromatic rings. The average molecular weight is 926 g/mol. The third-order valence-corrected chi connectivity index (χ3v) is 12.7. The molecule has 0 aliphatic rings. The van der Waals surface area contributed by atoms with Gasteiger partial charge in [0.25, 0.3) is 0 Å². The van der Waals surface area contributed by atoms with E-state index in [0.717, 1.165) is 83.5 Å². The van der Waals surface area contributed by atoms with E-state index in [0.29, 0.717) is 19.3 Å². The molecule has 0 saturated carbocycles. The largest absolute Gasteiger partial charge is 0.462 e. The van der Waals surface area contributed by atoms with Gasteiger partial charge in [-0.3, -0.25) is 14.4 Å². The summed E-state index contributed by atoms with van der Waals surface area (Å²) in [7, 11) is 0. The van der Waals surface area contributed by atoms with Gasteiger partial charge in [-0.15, -0.1) is 0 Å². The molecule has 6 heteroatoms. The van der Waals surface area contributed by atoms with Crippen LogP contribution < -0.4 is 0 Å². The maximum Gasteiger partial charge on any atom is 0.306 e. The normalized spacial score (nSPS) is 12.3. The van der Waals surface area contributed by atoms with Crippen molar-refractivity contribution in [2.45, 2.75) is 303 Å². The summed E-state index contributed by atoms with van der Waals surface area (Å²) >= 11 is 0. The van der Waals surface area contributed by atoms with E-state index in [1.165, 1.54) is 173 Å². The second-order valence-electron chi connectivity index (χ2n) is 19.3. The van der Waals surface area contributed by atoms with E-state index in [1.807, 2.05) is 18.2 Å². The molecule has 0 bridgehead atoms. The van der Waals surface area contributed by atoms with Crippen LogP contribution >= 0.6 is 0 Å². The van der Waals surface area contributed by atoms with Crippen LogP contribution in [0.15, 0.2) is 48.6 Å². The van der Waals surface area contributed by atoms with Crippen molar-refractivity contribution in [1.82, 2.24) is 0 Å². The Hall–Kier alpha value is -2.63. The molecule has 0 rings (SSSR count). The summed E-state index contributed by atoms with van der Waals surface area (Å²) in [4.78, 5) is 38.1. The van der Waals surface area contributed by atoms with Gasteiger partial charge in [0, 0.05) is 19.3 Å². The van der Waals surface area contributed by atoms with Crippen LogP contribution in [0, 0.1) is 0 Å². The molecule has 66 heavy (non-hydrogen) atoms. The van der Waals surface area contributed by atoms with Gasteiger partial charge in [0.1, 0.15) is 13.2 Å². The van der Waals surface area contributed by atoms with Gasteiger partial charge in [-0.25, -0.2) is 0 Å². The van der Waals surface area contributed by atoms with E-state index in [1.54, 1.807) is 0 Å². The Labute approximate surface area is 409 Å². The predicted octanol–water partition coefficient (Wildman–Crippen LogP) is 19.0. The fraction of sp³-hybridized carbons (Fsp3) is 0.817. The van der Waals surface area contributed by atoms with Crippen molar-refractivity contribution in [1.29, 1.82) is 0 Å². The van der Waals surface area contributed by atoms with E-state index in [4.69, 9.17) is 14.2 Å². The molecule has 1 atom stereocenters. The summed E-state index contributed by atoms with van der Waals surface area (Å²) in [6.45, 7) is 6.53. The standard InChI is InChI=1S/C60H108O6/c1-4-7-10-13-16-19-22-25-28-29-30-33-35-38-41-44-47-50-53-59(62)65-56-57(66-60(63)54-51-48-45-42-39-36-32-27-24-21-18-15-12-9-6-3)55-64-58(61)52-49-46-43-40-37-34-31-26-23-20-17-14-11-8-5-2/h9,12,15,18,21,24,27,32,57H,4-8,10-11,13-14,16-17,19-20,22-23,25-26,28-31,33-56H2,1-3H3/b12-9-,18-15-,24-21-,32-27-. The Morgan fingerprint density at radius 2 is 0.591 bits per heavy atom. The fourth-order valence-electron chi connectivity index (χ4n) is 8.40. The summed E-state index contributed by atoms with van der Waals surface area (Å²) in [5, 5.41) is 0. The number of carbonyl (C=O) groups excluding carboxylic acids is 3. The van der Waals surface area contributed by atoms with Crippen molar-refractivity contribution in [3.63, 3.8) is 0 Å². The van der Waals surface area contributed by atoms with Gasteiger partial charge in [0.15, 0.2) is 6.10 Å². The number of ether oxygens (including phenoxy) is 3. The number of unbranched alkanes of at least 4 members (excludes halogenated alkanes) is 36. The lowest BCUT2D eigenvalue weighted by molar-refractivity contribution is -0.167. The number of hydrogen-bond acceptors (Lipinski definition) is 6. The zero-order chi connectivity index (χ0) is 47.9. The zero-order valence-electron chi connectivity index (χ0n) is 44.0. The van der Waals surface area contributed by atoms with E-state index >= 15 is 0 Å². The van der Waals surface area contributed by atoms with Gasteiger partial charge >= 0.3 is 17.9 Å². The molecule has 384 valence electrons. The van der Waals surface area contributed by atoms with E-state index in [9.17, 15) is 14.4 Å². The van der Waals surface area contributed by atoms with Crippen LogP contribution in [0.2, 0.25) is 0 Å². The quantitative estimate of drug-likeness (QED) is 0.0262. The lowest BCUT2D eigenvalue weighted by atomic mass is 10.0.